The largest absolute Gasteiger partial charge is 0.462 e. The zero-order valence-corrected chi connectivity index (χ0v) is 11.1. The van der Waals surface area contributed by atoms with Gasteiger partial charge in [-0.3, -0.25) is 9.59 Å². The van der Waals surface area contributed by atoms with Crippen LogP contribution in [0.3, 0.4) is 0 Å². The number of halogens is 1. The molecular formula is C12H17ClO5. The normalized spacial score (nSPS) is 9.67. The van der Waals surface area contributed by atoms with Crippen molar-refractivity contribution in [2.75, 3.05) is 13.2 Å². The van der Waals surface area contributed by atoms with Gasteiger partial charge in [0.2, 0.25) is 5.24 Å². The third-order valence-electron chi connectivity index (χ3n) is 1.93. The molecule has 0 aliphatic rings. The van der Waals surface area contributed by atoms with Gasteiger partial charge in [0.1, 0.15) is 13.2 Å². The first kappa shape index (κ1) is 16.6. The molecule has 0 atom stereocenters. The molecule has 6 heteroatoms. The molecule has 0 fully saturated rings. The van der Waals surface area contributed by atoms with Gasteiger partial charge in [-0.1, -0.05) is 6.58 Å². The smallest absolute Gasteiger partial charge is 0.333 e. The standard InChI is InChI=1S/C12H17ClO5/c1-9(2)12(16)18-8-7-17-11(15)6-4-3-5-10(13)14/h1,3-8H2,2H3. The highest BCUT2D eigenvalue weighted by Gasteiger charge is 2.06. The van der Waals surface area contributed by atoms with Crippen LogP contribution in [-0.4, -0.2) is 30.4 Å². The number of rotatable bonds is 9. The van der Waals surface area contributed by atoms with Gasteiger partial charge in [-0.05, 0) is 31.4 Å². The van der Waals surface area contributed by atoms with Crippen LogP contribution in [0.5, 0.6) is 0 Å². The lowest BCUT2D eigenvalue weighted by atomic mass is 10.2. The van der Waals surface area contributed by atoms with Crippen LogP contribution in [0.4, 0.5) is 0 Å². The highest BCUT2D eigenvalue weighted by molar-refractivity contribution is 6.63. The molecule has 0 bridgehead atoms. The molecule has 0 aliphatic carbocycles. The molecule has 0 saturated heterocycles. The van der Waals surface area contributed by atoms with E-state index in [2.05, 4.69) is 6.58 Å². The number of unbranched alkanes of at least 4 members (excludes halogenated alkanes) is 1. The van der Waals surface area contributed by atoms with Gasteiger partial charge in [-0.15, -0.1) is 0 Å². The molecule has 0 radical (unpaired) electrons. The number of esters is 2. The Morgan fingerprint density at radius 2 is 1.61 bits per heavy atom. The Hall–Kier alpha value is -1.36. The lowest BCUT2D eigenvalue weighted by Gasteiger charge is -2.05. The molecule has 0 N–H and O–H groups in total. The summed E-state index contributed by atoms with van der Waals surface area (Å²) >= 11 is 5.14. The lowest BCUT2D eigenvalue weighted by molar-refractivity contribution is -0.150. The molecular weight excluding hydrogens is 260 g/mol. The van der Waals surface area contributed by atoms with E-state index >= 15 is 0 Å². The summed E-state index contributed by atoms with van der Waals surface area (Å²) < 4.78 is 9.55. The summed E-state index contributed by atoms with van der Waals surface area (Å²) in [4.78, 5) is 32.5. The van der Waals surface area contributed by atoms with Crippen LogP contribution in [0.25, 0.3) is 0 Å². The summed E-state index contributed by atoms with van der Waals surface area (Å²) in [5.74, 6) is -0.893. The van der Waals surface area contributed by atoms with E-state index < -0.39 is 11.2 Å². The van der Waals surface area contributed by atoms with Crippen LogP contribution in [-0.2, 0) is 23.9 Å². The zero-order valence-electron chi connectivity index (χ0n) is 10.4. The maximum absolute atomic E-state index is 11.2. The summed E-state index contributed by atoms with van der Waals surface area (Å²) in [5, 5.41) is -0.407. The molecule has 0 aliphatic heterocycles. The Labute approximate surface area is 111 Å². The van der Waals surface area contributed by atoms with Crippen molar-refractivity contribution in [2.24, 2.45) is 0 Å². The molecule has 0 aromatic heterocycles. The van der Waals surface area contributed by atoms with Crippen LogP contribution >= 0.6 is 11.6 Å². The predicted octanol–water partition coefficient (Wildman–Crippen LogP) is 1.97. The van der Waals surface area contributed by atoms with Gasteiger partial charge < -0.3 is 9.47 Å². The monoisotopic (exact) mass is 276 g/mol. The average Bonchev–Trinajstić information content (AvgIpc) is 2.29. The molecule has 0 aromatic rings. The van der Waals surface area contributed by atoms with Gasteiger partial charge in [0.25, 0.3) is 0 Å². The second-order valence-corrected chi connectivity index (χ2v) is 4.12. The molecule has 0 spiro atoms. The van der Waals surface area contributed by atoms with Crippen molar-refractivity contribution in [2.45, 2.75) is 32.6 Å². The van der Waals surface area contributed by atoms with Crippen LogP contribution in [0, 0.1) is 0 Å². The lowest BCUT2D eigenvalue weighted by Crippen LogP contribution is -2.14. The summed E-state index contributed by atoms with van der Waals surface area (Å²) in [6.45, 7) is 4.98. The number of carbonyl (C=O) groups excluding carboxylic acids is 3. The minimum absolute atomic E-state index is 0.0115. The molecule has 102 valence electrons. The fraction of sp³-hybridized carbons (Fsp3) is 0.583. The fourth-order valence-electron chi connectivity index (χ4n) is 1.02. The molecule has 0 aromatic carbocycles. The Morgan fingerprint density at radius 3 is 2.17 bits per heavy atom. The van der Waals surface area contributed by atoms with Crippen LogP contribution in [0.2, 0.25) is 0 Å². The maximum atomic E-state index is 11.2. The van der Waals surface area contributed by atoms with E-state index in [-0.39, 0.29) is 32.0 Å². The second-order valence-electron chi connectivity index (χ2n) is 3.70. The highest BCUT2D eigenvalue weighted by atomic mass is 35.5. The molecule has 18 heavy (non-hydrogen) atoms. The third kappa shape index (κ3) is 9.84. The van der Waals surface area contributed by atoms with E-state index in [4.69, 9.17) is 21.1 Å². The van der Waals surface area contributed by atoms with Gasteiger partial charge in [-0.25, -0.2) is 4.79 Å². The Morgan fingerprint density at radius 1 is 1.06 bits per heavy atom. The van der Waals surface area contributed by atoms with Gasteiger partial charge in [0.15, 0.2) is 0 Å². The molecule has 0 amide bonds. The zero-order chi connectivity index (χ0) is 14.0. The molecule has 5 nitrogen and oxygen atoms in total. The van der Waals surface area contributed by atoms with Gasteiger partial charge in [-0.2, -0.15) is 0 Å². The van der Waals surface area contributed by atoms with Crippen molar-refractivity contribution in [1.82, 2.24) is 0 Å². The number of hydrogen-bond donors (Lipinski definition) is 0. The average molecular weight is 277 g/mol. The first-order valence-corrected chi connectivity index (χ1v) is 5.98. The predicted molar refractivity (Wildman–Crippen MR) is 66.1 cm³/mol. The van der Waals surface area contributed by atoms with Crippen molar-refractivity contribution in [3.05, 3.63) is 12.2 Å². The summed E-state index contributed by atoms with van der Waals surface area (Å²) in [5.41, 5.74) is 0.298. The number of carbonyl (C=O) groups is 3. The molecule has 0 saturated carbocycles. The van der Waals surface area contributed by atoms with E-state index in [0.29, 0.717) is 18.4 Å². The Bertz CT molecular complexity index is 324. The quantitative estimate of drug-likeness (QED) is 0.279. The van der Waals surface area contributed by atoms with E-state index in [1.165, 1.54) is 6.92 Å². The SMILES string of the molecule is C=C(C)C(=O)OCCOC(=O)CCCCC(=O)Cl. The number of ether oxygens (including phenoxy) is 2. The molecule has 0 rings (SSSR count). The third-order valence-corrected chi connectivity index (χ3v) is 2.12. The fourth-order valence-corrected chi connectivity index (χ4v) is 1.15. The van der Waals surface area contributed by atoms with E-state index in [9.17, 15) is 14.4 Å². The van der Waals surface area contributed by atoms with Crippen molar-refractivity contribution < 1.29 is 23.9 Å². The van der Waals surface area contributed by atoms with Crippen molar-refractivity contribution in [3.8, 4) is 0 Å². The van der Waals surface area contributed by atoms with E-state index in [0.717, 1.165) is 0 Å². The van der Waals surface area contributed by atoms with Crippen LogP contribution in [0.15, 0.2) is 12.2 Å². The van der Waals surface area contributed by atoms with Crippen LogP contribution in [0.1, 0.15) is 32.6 Å². The first-order valence-electron chi connectivity index (χ1n) is 5.60. The topological polar surface area (TPSA) is 69.7 Å². The van der Waals surface area contributed by atoms with Crippen molar-refractivity contribution in [1.29, 1.82) is 0 Å². The van der Waals surface area contributed by atoms with Crippen molar-refractivity contribution in [3.63, 3.8) is 0 Å². The van der Waals surface area contributed by atoms with Crippen LogP contribution < -0.4 is 0 Å². The maximum Gasteiger partial charge on any atom is 0.333 e. The Kier molecular flexibility index (Phi) is 8.92. The van der Waals surface area contributed by atoms with Crippen molar-refractivity contribution >= 4 is 28.8 Å². The summed E-state index contributed by atoms with van der Waals surface area (Å²) in [7, 11) is 0. The molecule has 0 unspecified atom stereocenters. The van der Waals surface area contributed by atoms with E-state index in [1.807, 2.05) is 0 Å². The summed E-state index contributed by atoms with van der Waals surface area (Å²) in [6.07, 6.45) is 1.58. The second kappa shape index (κ2) is 9.65. The minimum atomic E-state index is -0.508. The summed E-state index contributed by atoms with van der Waals surface area (Å²) in [6, 6.07) is 0. The Balaban J connectivity index is 3.45. The van der Waals surface area contributed by atoms with Gasteiger partial charge in [0.05, 0.1) is 0 Å². The number of hydrogen-bond acceptors (Lipinski definition) is 5. The highest BCUT2D eigenvalue weighted by Crippen LogP contribution is 2.03. The van der Waals surface area contributed by atoms with Gasteiger partial charge >= 0.3 is 11.9 Å². The van der Waals surface area contributed by atoms with Gasteiger partial charge in [0, 0.05) is 18.4 Å². The van der Waals surface area contributed by atoms with E-state index in [1.54, 1.807) is 0 Å². The first-order chi connectivity index (χ1) is 8.43. The molecule has 0 heterocycles. The minimum Gasteiger partial charge on any atom is -0.462 e.